The number of fused-ring (bicyclic) bond motifs is 3. The second kappa shape index (κ2) is 4.77. The molecule has 2 aliphatic rings. The number of likely N-dealkylation sites (tertiary alicyclic amines) is 1. The zero-order valence-electron chi connectivity index (χ0n) is 12.3. The minimum absolute atomic E-state index is 0.0948. The lowest BCUT2D eigenvalue weighted by molar-refractivity contribution is 0.0127. The normalized spacial score (nSPS) is 25.1. The van der Waals surface area contributed by atoms with Crippen LogP contribution in [0.5, 0.6) is 0 Å². The monoisotopic (exact) mass is 275 g/mol. The molecule has 1 amide bonds. The third-order valence-electron chi connectivity index (χ3n) is 3.83. The Bertz CT molecular complexity index is 521. The molecule has 108 valence electrons. The summed E-state index contributed by atoms with van der Waals surface area (Å²) in [6.45, 7) is 7.60. The highest BCUT2D eigenvalue weighted by molar-refractivity contribution is 5.69. The maximum atomic E-state index is 12.2. The van der Waals surface area contributed by atoms with Crippen molar-refractivity contribution in [1.29, 1.82) is 0 Å². The maximum Gasteiger partial charge on any atom is 0.410 e. The van der Waals surface area contributed by atoms with Gasteiger partial charge in [0.25, 0.3) is 0 Å². The van der Waals surface area contributed by atoms with E-state index in [4.69, 9.17) is 9.47 Å². The van der Waals surface area contributed by atoms with Crippen molar-refractivity contribution in [2.24, 2.45) is 0 Å². The Hall–Kier alpha value is -1.55. The number of carbonyl (C=O) groups excluding carboxylic acids is 1. The Labute approximate surface area is 119 Å². The van der Waals surface area contributed by atoms with Crippen LogP contribution in [0.2, 0.25) is 0 Å². The van der Waals surface area contributed by atoms with Crippen LogP contribution in [0.4, 0.5) is 4.79 Å². The lowest BCUT2D eigenvalue weighted by atomic mass is 9.90. The molecule has 1 saturated heterocycles. The minimum Gasteiger partial charge on any atom is -0.444 e. The summed E-state index contributed by atoms with van der Waals surface area (Å²) in [6, 6.07) is 8.33. The highest BCUT2D eigenvalue weighted by atomic mass is 16.6. The smallest absolute Gasteiger partial charge is 0.410 e. The topological polar surface area (TPSA) is 38.8 Å². The Morgan fingerprint density at radius 2 is 2.05 bits per heavy atom. The molecule has 1 aromatic rings. The van der Waals surface area contributed by atoms with Gasteiger partial charge in [-0.1, -0.05) is 24.3 Å². The van der Waals surface area contributed by atoms with Gasteiger partial charge < -0.3 is 14.4 Å². The predicted octanol–water partition coefficient (Wildman–Crippen LogP) is 2.92. The van der Waals surface area contributed by atoms with Crippen LogP contribution >= 0.6 is 0 Å². The molecular formula is C16H21NO3. The number of ether oxygens (including phenoxy) is 2. The summed E-state index contributed by atoms with van der Waals surface area (Å²) < 4.78 is 11.3. The van der Waals surface area contributed by atoms with Crippen LogP contribution in [0.15, 0.2) is 24.3 Å². The Morgan fingerprint density at radius 3 is 2.80 bits per heavy atom. The molecule has 1 aromatic carbocycles. The van der Waals surface area contributed by atoms with Crippen molar-refractivity contribution < 1.29 is 14.3 Å². The SMILES string of the molecule is CC(C)(C)OC(=O)N1C[C@@H]2OCc3ccccc3[C@@H]2C1. The summed E-state index contributed by atoms with van der Waals surface area (Å²) in [5.41, 5.74) is 2.10. The molecule has 0 spiro atoms. The van der Waals surface area contributed by atoms with Crippen molar-refractivity contribution in [2.75, 3.05) is 13.1 Å². The van der Waals surface area contributed by atoms with Crippen molar-refractivity contribution in [3.63, 3.8) is 0 Å². The molecule has 2 atom stereocenters. The zero-order valence-corrected chi connectivity index (χ0v) is 12.3. The fraction of sp³-hybridized carbons (Fsp3) is 0.562. The Morgan fingerprint density at radius 1 is 1.30 bits per heavy atom. The fourth-order valence-corrected chi connectivity index (χ4v) is 2.94. The first-order chi connectivity index (χ1) is 9.44. The molecule has 20 heavy (non-hydrogen) atoms. The average molecular weight is 275 g/mol. The summed E-state index contributed by atoms with van der Waals surface area (Å²) in [6.07, 6.45) is -0.148. The number of benzene rings is 1. The van der Waals surface area contributed by atoms with Gasteiger partial charge in [-0.3, -0.25) is 0 Å². The summed E-state index contributed by atoms with van der Waals surface area (Å²) >= 11 is 0. The third kappa shape index (κ3) is 2.52. The first kappa shape index (κ1) is 13.4. The highest BCUT2D eigenvalue weighted by Crippen LogP contribution is 2.36. The van der Waals surface area contributed by atoms with Gasteiger partial charge in [0.15, 0.2) is 0 Å². The predicted molar refractivity (Wildman–Crippen MR) is 75.6 cm³/mol. The lowest BCUT2D eigenvalue weighted by Gasteiger charge is -2.27. The molecule has 2 heterocycles. The minimum atomic E-state index is -0.455. The van der Waals surface area contributed by atoms with Crippen LogP contribution in [0.1, 0.15) is 37.8 Å². The molecule has 4 nitrogen and oxygen atoms in total. The van der Waals surface area contributed by atoms with Gasteiger partial charge in [-0.05, 0) is 31.9 Å². The third-order valence-corrected chi connectivity index (χ3v) is 3.83. The molecule has 2 aliphatic heterocycles. The molecule has 0 N–H and O–H groups in total. The van der Waals surface area contributed by atoms with E-state index in [9.17, 15) is 4.79 Å². The van der Waals surface area contributed by atoms with E-state index in [0.717, 1.165) is 0 Å². The second-order valence-corrected chi connectivity index (χ2v) is 6.54. The number of rotatable bonds is 0. The van der Waals surface area contributed by atoms with E-state index >= 15 is 0 Å². The maximum absolute atomic E-state index is 12.2. The number of hydrogen-bond acceptors (Lipinski definition) is 3. The van der Waals surface area contributed by atoms with Crippen LogP contribution in [0.3, 0.4) is 0 Å². The molecule has 4 heteroatoms. The Kier molecular flexibility index (Phi) is 3.21. The van der Waals surface area contributed by atoms with E-state index in [1.165, 1.54) is 11.1 Å². The van der Waals surface area contributed by atoms with Crippen molar-refractivity contribution in [2.45, 2.75) is 45.0 Å². The first-order valence-electron chi connectivity index (χ1n) is 7.11. The number of nitrogens with zero attached hydrogens (tertiary/aromatic N) is 1. The molecule has 0 aromatic heterocycles. The van der Waals surface area contributed by atoms with Crippen LogP contribution in [0, 0.1) is 0 Å². The molecule has 3 rings (SSSR count). The molecular weight excluding hydrogens is 254 g/mol. The van der Waals surface area contributed by atoms with Gasteiger partial charge in [0, 0.05) is 12.5 Å². The molecule has 1 fully saturated rings. The van der Waals surface area contributed by atoms with Gasteiger partial charge >= 0.3 is 6.09 Å². The highest BCUT2D eigenvalue weighted by Gasteiger charge is 2.41. The quantitative estimate of drug-likeness (QED) is 0.730. The molecule has 0 unspecified atom stereocenters. The van der Waals surface area contributed by atoms with Crippen LogP contribution in [-0.2, 0) is 16.1 Å². The molecule has 0 saturated carbocycles. The fourth-order valence-electron chi connectivity index (χ4n) is 2.94. The van der Waals surface area contributed by atoms with Gasteiger partial charge in [0.05, 0.1) is 19.3 Å². The number of carbonyl (C=O) groups is 1. The summed E-state index contributed by atoms with van der Waals surface area (Å²) in [5, 5.41) is 0. The number of hydrogen-bond donors (Lipinski definition) is 0. The largest absolute Gasteiger partial charge is 0.444 e. The van der Waals surface area contributed by atoms with E-state index < -0.39 is 5.60 Å². The van der Waals surface area contributed by atoms with E-state index in [2.05, 4.69) is 18.2 Å². The van der Waals surface area contributed by atoms with E-state index in [1.807, 2.05) is 26.8 Å². The van der Waals surface area contributed by atoms with Crippen LogP contribution in [0.25, 0.3) is 0 Å². The number of amides is 1. The van der Waals surface area contributed by atoms with Crippen molar-refractivity contribution in [3.8, 4) is 0 Å². The summed E-state index contributed by atoms with van der Waals surface area (Å²) in [7, 11) is 0. The van der Waals surface area contributed by atoms with E-state index in [-0.39, 0.29) is 18.1 Å². The van der Waals surface area contributed by atoms with Gasteiger partial charge in [-0.2, -0.15) is 0 Å². The van der Waals surface area contributed by atoms with E-state index in [0.29, 0.717) is 19.7 Å². The average Bonchev–Trinajstić information content (AvgIpc) is 2.81. The van der Waals surface area contributed by atoms with Crippen LogP contribution < -0.4 is 0 Å². The van der Waals surface area contributed by atoms with E-state index in [1.54, 1.807) is 4.90 Å². The summed E-state index contributed by atoms with van der Waals surface area (Å²) in [4.78, 5) is 13.9. The Balaban J connectivity index is 1.75. The second-order valence-electron chi connectivity index (χ2n) is 6.54. The first-order valence-corrected chi connectivity index (χ1v) is 7.11. The lowest BCUT2D eigenvalue weighted by Crippen LogP contribution is -2.36. The summed E-state index contributed by atoms with van der Waals surface area (Å²) in [5.74, 6) is 0.271. The van der Waals surface area contributed by atoms with Crippen molar-refractivity contribution >= 4 is 6.09 Å². The molecule has 0 bridgehead atoms. The van der Waals surface area contributed by atoms with Gasteiger partial charge in [-0.15, -0.1) is 0 Å². The zero-order chi connectivity index (χ0) is 14.3. The van der Waals surface area contributed by atoms with Gasteiger partial charge in [0.1, 0.15) is 5.60 Å². The van der Waals surface area contributed by atoms with Crippen molar-refractivity contribution in [3.05, 3.63) is 35.4 Å². The van der Waals surface area contributed by atoms with Crippen LogP contribution in [-0.4, -0.2) is 35.8 Å². The molecule has 0 aliphatic carbocycles. The van der Waals surface area contributed by atoms with Gasteiger partial charge in [0.2, 0.25) is 0 Å². The molecule has 0 radical (unpaired) electrons. The van der Waals surface area contributed by atoms with Gasteiger partial charge in [-0.25, -0.2) is 4.79 Å². The van der Waals surface area contributed by atoms with Crippen molar-refractivity contribution in [1.82, 2.24) is 4.90 Å². The standard InChI is InChI=1S/C16H21NO3/c1-16(2,3)20-15(18)17-8-13-12-7-5-4-6-11(12)10-19-14(13)9-17/h4-7,13-14H,8-10H2,1-3H3/t13-,14-/m0/s1.